The van der Waals surface area contributed by atoms with Gasteiger partial charge in [0.2, 0.25) is 0 Å². The van der Waals surface area contributed by atoms with Crippen molar-refractivity contribution in [2.75, 3.05) is 5.32 Å². The molecule has 0 spiro atoms. The van der Waals surface area contributed by atoms with Gasteiger partial charge in [-0.2, -0.15) is 0 Å². The van der Waals surface area contributed by atoms with Crippen LogP contribution in [0.2, 0.25) is 10.0 Å². The second-order valence-electron chi connectivity index (χ2n) is 8.27. The van der Waals surface area contributed by atoms with Gasteiger partial charge in [-0.05, 0) is 68.9 Å². The Balaban J connectivity index is 2.00. The average molecular weight is 387 g/mol. The maximum atomic E-state index is 6.98. The number of aryl methyl sites for hydroxylation is 2. The van der Waals surface area contributed by atoms with Crippen molar-refractivity contribution in [3.05, 3.63) is 51.1 Å². The zero-order valence-electron chi connectivity index (χ0n) is 15.8. The van der Waals surface area contributed by atoms with Gasteiger partial charge in [0.15, 0.2) is 0 Å². The first kappa shape index (κ1) is 17.8. The molecule has 1 aliphatic heterocycles. The minimum absolute atomic E-state index is 0.0755. The van der Waals surface area contributed by atoms with Crippen molar-refractivity contribution in [1.82, 2.24) is 4.98 Å². The normalized spacial score (nSPS) is 18.7. The first-order valence-electron chi connectivity index (χ1n) is 9.07. The van der Waals surface area contributed by atoms with Crippen molar-refractivity contribution in [2.24, 2.45) is 0 Å². The molecule has 2 heterocycles. The fourth-order valence-electron chi connectivity index (χ4n) is 4.49. The lowest BCUT2D eigenvalue weighted by molar-refractivity contribution is 0.454. The van der Waals surface area contributed by atoms with Gasteiger partial charge >= 0.3 is 0 Å². The van der Waals surface area contributed by atoms with E-state index in [2.05, 4.69) is 57.1 Å². The first-order valence-corrected chi connectivity index (χ1v) is 9.83. The molecule has 0 amide bonds. The van der Waals surface area contributed by atoms with E-state index in [1.807, 2.05) is 12.3 Å². The van der Waals surface area contributed by atoms with Gasteiger partial charge in [0.1, 0.15) is 0 Å². The third-order valence-corrected chi connectivity index (χ3v) is 6.26. The van der Waals surface area contributed by atoms with E-state index in [1.54, 1.807) is 0 Å². The van der Waals surface area contributed by atoms with Crippen LogP contribution in [-0.4, -0.2) is 10.5 Å². The lowest BCUT2D eigenvalue weighted by Gasteiger charge is -2.39. The highest BCUT2D eigenvalue weighted by molar-refractivity contribution is 6.37. The molecule has 0 saturated carbocycles. The summed E-state index contributed by atoms with van der Waals surface area (Å²) in [6.45, 7) is 11.0. The van der Waals surface area contributed by atoms with Gasteiger partial charge < -0.3 is 10.3 Å². The van der Waals surface area contributed by atoms with Crippen LogP contribution in [0.4, 0.5) is 5.69 Å². The number of H-pyrrole nitrogens is 1. The van der Waals surface area contributed by atoms with Gasteiger partial charge in [-0.3, -0.25) is 0 Å². The minimum atomic E-state index is 0.0755. The SMILES string of the molecule is Cc1cc(-c2ccc(Cl)c3c(C)c[nH]c23)c(Cl)c2c1NC(C)(C)CC2C. The summed E-state index contributed by atoms with van der Waals surface area (Å²) in [5.41, 5.74) is 8.09. The Morgan fingerprint density at radius 3 is 2.54 bits per heavy atom. The van der Waals surface area contributed by atoms with Crippen LogP contribution in [0, 0.1) is 13.8 Å². The third kappa shape index (κ3) is 2.62. The molecule has 3 aromatic rings. The van der Waals surface area contributed by atoms with Crippen molar-refractivity contribution < 1.29 is 0 Å². The van der Waals surface area contributed by atoms with E-state index in [9.17, 15) is 0 Å². The van der Waals surface area contributed by atoms with E-state index in [1.165, 1.54) is 16.8 Å². The van der Waals surface area contributed by atoms with Gasteiger partial charge in [0, 0.05) is 33.9 Å². The van der Waals surface area contributed by atoms with Crippen molar-refractivity contribution in [3.63, 3.8) is 0 Å². The Morgan fingerprint density at radius 1 is 1.08 bits per heavy atom. The summed E-state index contributed by atoms with van der Waals surface area (Å²) in [6.07, 6.45) is 3.06. The van der Waals surface area contributed by atoms with Crippen LogP contribution in [0.1, 0.15) is 49.8 Å². The maximum Gasteiger partial charge on any atom is 0.0552 e. The van der Waals surface area contributed by atoms with E-state index < -0.39 is 0 Å². The number of hydrogen-bond acceptors (Lipinski definition) is 1. The molecular weight excluding hydrogens is 363 g/mol. The Morgan fingerprint density at radius 2 is 1.81 bits per heavy atom. The summed E-state index contributed by atoms with van der Waals surface area (Å²) >= 11 is 13.4. The first-order chi connectivity index (χ1) is 12.2. The Hall–Kier alpha value is -1.64. The molecular formula is C22H24Cl2N2. The molecule has 0 saturated heterocycles. The van der Waals surface area contributed by atoms with Crippen molar-refractivity contribution in [3.8, 4) is 11.1 Å². The topological polar surface area (TPSA) is 27.8 Å². The van der Waals surface area contributed by atoms with Crippen LogP contribution < -0.4 is 5.32 Å². The average Bonchev–Trinajstić information content (AvgIpc) is 2.93. The van der Waals surface area contributed by atoms with Crippen LogP contribution in [0.3, 0.4) is 0 Å². The molecule has 0 aliphatic carbocycles. The zero-order chi connectivity index (χ0) is 18.8. The lowest BCUT2D eigenvalue weighted by Crippen LogP contribution is -2.37. The molecule has 2 nitrogen and oxygen atoms in total. The van der Waals surface area contributed by atoms with E-state index in [-0.39, 0.29) is 5.54 Å². The number of rotatable bonds is 1. The standard InChI is InChI=1S/C22H24Cl2N2/c1-11-8-15(14-6-7-16(23)17-13(3)10-25-21(14)17)19(24)18-12(2)9-22(4,5)26-20(11)18/h6-8,10,12,25-26H,9H2,1-5H3. The predicted octanol–water partition coefficient (Wildman–Crippen LogP) is 7.46. The van der Waals surface area contributed by atoms with E-state index in [4.69, 9.17) is 23.2 Å². The number of hydrogen-bond donors (Lipinski definition) is 2. The molecule has 0 radical (unpaired) electrons. The van der Waals surface area contributed by atoms with Crippen LogP contribution in [0.25, 0.3) is 22.0 Å². The van der Waals surface area contributed by atoms with Crippen LogP contribution >= 0.6 is 23.2 Å². The van der Waals surface area contributed by atoms with E-state index in [0.717, 1.165) is 44.1 Å². The Labute approximate surface area is 164 Å². The number of halogens is 2. The fraction of sp³-hybridized carbons (Fsp3) is 0.364. The summed E-state index contributed by atoms with van der Waals surface area (Å²) in [6, 6.07) is 6.23. The summed E-state index contributed by atoms with van der Waals surface area (Å²) < 4.78 is 0. The highest BCUT2D eigenvalue weighted by Gasteiger charge is 2.33. The molecule has 1 unspecified atom stereocenters. The second-order valence-corrected chi connectivity index (χ2v) is 9.06. The number of aromatic nitrogens is 1. The molecule has 1 atom stereocenters. The molecule has 1 aliphatic rings. The van der Waals surface area contributed by atoms with Gasteiger partial charge in [0.25, 0.3) is 0 Å². The Kier molecular flexibility index (Phi) is 4.05. The van der Waals surface area contributed by atoms with E-state index >= 15 is 0 Å². The Bertz CT molecular complexity index is 1030. The lowest BCUT2D eigenvalue weighted by atomic mass is 9.79. The molecule has 0 fully saturated rings. The maximum absolute atomic E-state index is 6.98. The van der Waals surface area contributed by atoms with Crippen LogP contribution in [-0.2, 0) is 0 Å². The predicted molar refractivity (Wildman–Crippen MR) is 114 cm³/mol. The number of fused-ring (bicyclic) bond motifs is 2. The number of anilines is 1. The monoisotopic (exact) mass is 386 g/mol. The molecule has 2 N–H and O–H groups in total. The van der Waals surface area contributed by atoms with Crippen molar-refractivity contribution in [2.45, 2.75) is 52.5 Å². The summed E-state index contributed by atoms with van der Waals surface area (Å²) in [5, 5.41) is 6.38. The summed E-state index contributed by atoms with van der Waals surface area (Å²) in [7, 11) is 0. The highest BCUT2D eigenvalue weighted by atomic mass is 35.5. The third-order valence-electron chi connectivity index (χ3n) is 5.54. The van der Waals surface area contributed by atoms with E-state index in [0.29, 0.717) is 5.92 Å². The summed E-state index contributed by atoms with van der Waals surface area (Å²) in [5.74, 6) is 0.403. The van der Waals surface area contributed by atoms with Gasteiger partial charge in [-0.15, -0.1) is 0 Å². The number of benzene rings is 2. The van der Waals surface area contributed by atoms with Gasteiger partial charge in [0.05, 0.1) is 15.6 Å². The number of aromatic amines is 1. The minimum Gasteiger partial charge on any atom is -0.380 e. The molecule has 136 valence electrons. The highest BCUT2D eigenvalue weighted by Crippen LogP contribution is 2.48. The molecule has 1 aromatic heterocycles. The number of nitrogens with one attached hydrogen (secondary N) is 2. The molecule has 26 heavy (non-hydrogen) atoms. The van der Waals surface area contributed by atoms with Gasteiger partial charge in [-0.25, -0.2) is 0 Å². The zero-order valence-corrected chi connectivity index (χ0v) is 17.4. The largest absolute Gasteiger partial charge is 0.380 e. The molecule has 0 bridgehead atoms. The van der Waals surface area contributed by atoms with Crippen molar-refractivity contribution >= 4 is 39.8 Å². The molecule has 4 heteroatoms. The van der Waals surface area contributed by atoms with Gasteiger partial charge in [-0.1, -0.05) is 36.2 Å². The van der Waals surface area contributed by atoms with Crippen molar-refractivity contribution in [1.29, 1.82) is 0 Å². The van der Waals surface area contributed by atoms with Crippen LogP contribution in [0.15, 0.2) is 24.4 Å². The smallest absolute Gasteiger partial charge is 0.0552 e. The quantitative estimate of drug-likeness (QED) is 0.446. The fourth-order valence-corrected chi connectivity index (χ4v) is 5.23. The summed E-state index contributed by atoms with van der Waals surface area (Å²) in [4.78, 5) is 3.39. The van der Waals surface area contributed by atoms with Crippen LogP contribution in [0.5, 0.6) is 0 Å². The molecule has 2 aromatic carbocycles. The molecule has 4 rings (SSSR count). The second kappa shape index (κ2) is 5.94.